The Morgan fingerprint density at radius 1 is 1.82 bits per heavy atom. The van der Waals surface area contributed by atoms with Crippen molar-refractivity contribution < 1.29 is 9.31 Å². The zero-order valence-corrected chi connectivity index (χ0v) is 6.01. The van der Waals surface area contributed by atoms with Gasteiger partial charge in [-0.15, -0.1) is 0 Å². The molecule has 1 atom stereocenters. The van der Waals surface area contributed by atoms with Gasteiger partial charge in [-0.1, -0.05) is 11.6 Å². The lowest BCUT2D eigenvalue weighted by Gasteiger charge is -2.10. The van der Waals surface area contributed by atoms with E-state index in [1.165, 1.54) is 0 Å². The highest BCUT2D eigenvalue weighted by atomic mass is 35.5. The van der Waals surface area contributed by atoms with E-state index in [1.807, 2.05) is 0 Å². The molecule has 0 saturated carbocycles. The van der Waals surface area contributed by atoms with E-state index in [4.69, 9.17) is 11.6 Å². The Labute approximate surface area is 66.5 Å². The van der Waals surface area contributed by atoms with Crippen molar-refractivity contribution in [2.24, 2.45) is 0 Å². The normalized spacial score (nSPS) is 23.3. The molecule has 0 radical (unpaired) electrons. The van der Waals surface area contributed by atoms with Gasteiger partial charge < -0.3 is 5.32 Å². The van der Waals surface area contributed by atoms with Gasteiger partial charge in [0.15, 0.2) is 5.50 Å². The van der Waals surface area contributed by atoms with Gasteiger partial charge in [-0.3, -0.25) is 10.1 Å². The average molecular weight is 179 g/mol. The van der Waals surface area contributed by atoms with Gasteiger partial charge in [0, 0.05) is 6.20 Å². The molecule has 0 aromatic carbocycles. The van der Waals surface area contributed by atoms with Crippen molar-refractivity contribution in [2.75, 3.05) is 0 Å². The molecule has 0 aromatic rings. The van der Waals surface area contributed by atoms with Crippen LogP contribution in [0.25, 0.3) is 0 Å². The molecule has 0 aromatic heterocycles. The summed E-state index contributed by atoms with van der Waals surface area (Å²) in [7, 11) is 0. The van der Waals surface area contributed by atoms with Gasteiger partial charge in [0.05, 0.1) is 11.0 Å². The maximum Gasteiger partial charge on any atom is 0.286 e. The molecule has 0 bridgehead atoms. The number of hydrogen-bond donors (Lipinski definition) is 1. The highest BCUT2D eigenvalue weighted by Gasteiger charge is 2.24. The van der Waals surface area contributed by atoms with E-state index in [2.05, 4.69) is 5.32 Å². The number of nitrogens with one attached hydrogen (secondary N) is 1. The number of alkyl halides is 1. The number of nitrogens with zero attached hydrogens (tertiary/aromatic N) is 1. The predicted octanol–water partition coefficient (Wildman–Crippen LogP) is 1.13. The van der Waals surface area contributed by atoms with Crippen LogP contribution in [0.1, 0.15) is 0 Å². The number of hydrogen-bond acceptors (Lipinski definition) is 3. The molecule has 1 heterocycles. The summed E-state index contributed by atoms with van der Waals surface area (Å²) >= 11 is 5.41. The quantitative estimate of drug-likeness (QED) is 0.283. The molecular weight excluding hydrogens is 175 g/mol. The van der Waals surface area contributed by atoms with Crippen molar-refractivity contribution in [1.82, 2.24) is 5.32 Å². The molecule has 60 valence electrons. The van der Waals surface area contributed by atoms with Crippen LogP contribution in [0.15, 0.2) is 23.8 Å². The van der Waals surface area contributed by atoms with E-state index >= 15 is 0 Å². The van der Waals surface area contributed by atoms with Crippen LogP contribution in [0.2, 0.25) is 0 Å². The number of allylic oxidation sites excluding steroid dienone is 2. The lowest BCUT2D eigenvalue weighted by molar-refractivity contribution is -0.428. The lowest BCUT2D eigenvalue weighted by atomic mass is 10.3. The van der Waals surface area contributed by atoms with Crippen LogP contribution in [0.5, 0.6) is 0 Å². The molecule has 6 heteroatoms. The molecule has 11 heavy (non-hydrogen) atoms. The fraction of sp³-hybridized carbons (Fsp3) is 0.200. The summed E-state index contributed by atoms with van der Waals surface area (Å²) in [6, 6.07) is 0. The predicted molar refractivity (Wildman–Crippen MR) is 37.0 cm³/mol. The third kappa shape index (κ3) is 1.68. The molecule has 1 unspecified atom stereocenters. The second-order valence-electron chi connectivity index (χ2n) is 1.88. The van der Waals surface area contributed by atoms with Crippen LogP contribution in [0.4, 0.5) is 4.39 Å². The third-order valence-corrected chi connectivity index (χ3v) is 1.47. The van der Waals surface area contributed by atoms with Crippen LogP contribution < -0.4 is 5.32 Å². The molecule has 0 saturated heterocycles. The zero-order valence-electron chi connectivity index (χ0n) is 5.25. The summed E-state index contributed by atoms with van der Waals surface area (Å²) in [5, 5.41) is 12.4. The van der Waals surface area contributed by atoms with Gasteiger partial charge in [-0.25, -0.2) is 4.39 Å². The molecule has 1 N–H and O–H groups in total. The first kappa shape index (κ1) is 8.00. The minimum Gasteiger partial charge on any atom is -0.364 e. The molecule has 1 aliphatic rings. The number of rotatable bonds is 1. The van der Waals surface area contributed by atoms with E-state index in [0.29, 0.717) is 0 Å². The van der Waals surface area contributed by atoms with E-state index < -0.39 is 16.3 Å². The van der Waals surface area contributed by atoms with Gasteiger partial charge >= 0.3 is 0 Å². The van der Waals surface area contributed by atoms with Crippen LogP contribution in [-0.4, -0.2) is 10.4 Å². The van der Waals surface area contributed by atoms with Gasteiger partial charge in [-0.2, -0.15) is 0 Å². The van der Waals surface area contributed by atoms with Gasteiger partial charge in [0.1, 0.15) is 5.83 Å². The Morgan fingerprint density at radius 2 is 2.45 bits per heavy atom. The molecule has 4 nitrogen and oxygen atoms in total. The molecule has 0 fully saturated rings. The SMILES string of the molecule is O=[N+]([O-])C1=CC(F)=CNC1Cl. The van der Waals surface area contributed by atoms with Crippen molar-refractivity contribution in [3.8, 4) is 0 Å². The fourth-order valence-corrected chi connectivity index (χ4v) is 0.845. The largest absolute Gasteiger partial charge is 0.364 e. The van der Waals surface area contributed by atoms with Crippen LogP contribution in [0.3, 0.4) is 0 Å². The smallest absolute Gasteiger partial charge is 0.286 e. The Bertz CT molecular complexity index is 251. The van der Waals surface area contributed by atoms with Crippen molar-refractivity contribution in [1.29, 1.82) is 0 Å². The first-order valence-corrected chi connectivity index (χ1v) is 3.16. The average Bonchev–Trinajstić information content (AvgIpc) is 1.94. The first-order valence-electron chi connectivity index (χ1n) is 2.73. The van der Waals surface area contributed by atoms with Crippen LogP contribution >= 0.6 is 11.6 Å². The van der Waals surface area contributed by atoms with Crippen LogP contribution in [0, 0.1) is 10.1 Å². The second kappa shape index (κ2) is 2.87. The summed E-state index contributed by atoms with van der Waals surface area (Å²) in [5.74, 6) is -0.700. The minimum absolute atomic E-state index is 0.383. The van der Waals surface area contributed by atoms with E-state index in [-0.39, 0.29) is 5.70 Å². The third-order valence-electron chi connectivity index (χ3n) is 1.12. The molecular formula is C5H4ClFN2O2. The standard InChI is InChI=1S/C5H4ClFN2O2/c6-5-4(9(10)11)1-3(7)2-8-5/h1-2,5,8H. The molecule has 0 aliphatic carbocycles. The molecule has 0 spiro atoms. The molecule has 1 rings (SSSR count). The van der Waals surface area contributed by atoms with E-state index in [9.17, 15) is 14.5 Å². The van der Waals surface area contributed by atoms with E-state index in [1.54, 1.807) is 0 Å². The molecule has 0 amide bonds. The summed E-state index contributed by atoms with van der Waals surface area (Å²) in [4.78, 5) is 9.40. The van der Waals surface area contributed by atoms with Crippen molar-refractivity contribution >= 4 is 11.6 Å². The maximum absolute atomic E-state index is 12.3. The fourth-order valence-electron chi connectivity index (χ4n) is 0.640. The Hall–Kier alpha value is -1.10. The Morgan fingerprint density at radius 3 is 2.91 bits per heavy atom. The zero-order chi connectivity index (χ0) is 8.43. The first-order chi connectivity index (χ1) is 5.11. The summed E-state index contributed by atoms with van der Waals surface area (Å²) in [6.45, 7) is 0. The topological polar surface area (TPSA) is 55.2 Å². The van der Waals surface area contributed by atoms with Crippen molar-refractivity contribution in [2.45, 2.75) is 5.50 Å². The highest BCUT2D eigenvalue weighted by molar-refractivity contribution is 6.22. The summed E-state index contributed by atoms with van der Waals surface area (Å²) in [5.41, 5.74) is -1.34. The summed E-state index contributed by atoms with van der Waals surface area (Å²) < 4.78 is 12.3. The summed E-state index contributed by atoms with van der Waals surface area (Å²) in [6.07, 6.45) is 1.76. The number of dihydropyridines is 1. The Kier molecular flexibility index (Phi) is 2.09. The second-order valence-corrected chi connectivity index (χ2v) is 2.32. The lowest BCUT2D eigenvalue weighted by Crippen LogP contribution is -2.27. The van der Waals surface area contributed by atoms with Gasteiger partial charge in [0.25, 0.3) is 5.70 Å². The minimum atomic E-state index is -0.954. The number of halogens is 2. The van der Waals surface area contributed by atoms with Gasteiger partial charge in [-0.05, 0) is 0 Å². The van der Waals surface area contributed by atoms with E-state index in [0.717, 1.165) is 12.3 Å². The monoisotopic (exact) mass is 178 g/mol. The van der Waals surface area contributed by atoms with Gasteiger partial charge in [0.2, 0.25) is 0 Å². The Balaban J connectivity index is 2.90. The van der Waals surface area contributed by atoms with Crippen LogP contribution in [-0.2, 0) is 0 Å². The maximum atomic E-state index is 12.3. The highest BCUT2D eigenvalue weighted by Crippen LogP contribution is 2.16. The number of nitro groups is 1. The molecule has 1 aliphatic heterocycles. The van der Waals surface area contributed by atoms with Crippen molar-refractivity contribution in [3.05, 3.63) is 33.9 Å². The van der Waals surface area contributed by atoms with Crippen molar-refractivity contribution in [3.63, 3.8) is 0 Å².